The molecule has 0 saturated heterocycles. The molecule has 0 amide bonds. The fraction of sp³-hybridized carbons (Fsp3) is 0.0638. The van der Waals surface area contributed by atoms with Gasteiger partial charge in [0.25, 0.3) is 0 Å². The number of hydrogen-bond acceptors (Lipinski definition) is 3. The number of anilines is 3. The van der Waals surface area contributed by atoms with E-state index in [-0.39, 0.29) is 5.41 Å². The predicted molar refractivity (Wildman–Crippen MR) is 212 cm³/mol. The van der Waals surface area contributed by atoms with Crippen molar-refractivity contribution in [3.05, 3.63) is 181 Å². The number of aromatic nitrogens is 3. The molecule has 242 valence electrons. The number of benzene rings is 7. The fourth-order valence-corrected chi connectivity index (χ4v) is 8.09. The van der Waals surface area contributed by atoms with Gasteiger partial charge in [0.1, 0.15) is 0 Å². The normalized spacial score (nSPS) is 13.4. The van der Waals surface area contributed by atoms with Crippen LogP contribution in [0.15, 0.2) is 170 Å². The number of fused-ring (bicyclic) bond motifs is 6. The van der Waals surface area contributed by atoms with Crippen LogP contribution in [0, 0.1) is 0 Å². The predicted octanol–water partition coefficient (Wildman–Crippen LogP) is 12.2. The van der Waals surface area contributed by atoms with Gasteiger partial charge in [-0.05, 0) is 71.8 Å². The third-order valence-electron chi connectivity index (χ3n) is 10.6. The molecule has 4 heteroatoms. The monoisotopic (exact) mass is 654 g/mol. The van der Waals surface area contributed by atoms with Gasteiger partial charge < -0.3 is 9.47 Å². The van der Waals surface area contributed by atoms with Gasteiger partial charge in [-0.1, -0.05) is 123 Å². The van der Waals surface area contributed by atoms with Crippen LogP contribution >= 0.6 is 0 Å². The van der Waals surface area contributed by atoms with Gasteiger partial charge in [0.15, 0.2) is 0 Å². The van der Waals surface area contributed by atoms with E-state index in [1.165, 1.54) is 44.3 Å². The number of para-hydroxylation sites is 6. The Hall–Kier alpha value is -6.52. The SMILES string of the molecule is CC1(C)c2ccccc2N(c2ccc(-c3nc4ccccc4nc3-c3ccc(-n4c5ccccc5c5ccccc54)cc3)cc2)c2ccccc21. The van der Waals surface area contributed by atoms with Crippen molar-refractivity contribution in [2.75, 3.05) is 4.90 Å². The summed E-state index contributed by atoms with van der Waals surface area (Å²) < 4.78 is 2.35. The molecule has 0 spiro atoms. The molecule has 51 heavy (non-hydrogen) atoms. The van der Waals surface area contributed by atoms with Crippen molar-refractivity contribution in [3.63, 3.8) is 0 Å². The van der Waals surface area contributed by atoms with E-state index in [4.69, 9.17) is 9.97 Å². The summed E-state index contributed by atoms with van der Waals surface area (Å²) >= 11 is 0. The highest BCUT2D eigenvalue weighted by atomic mass is 15.2. The molecule has 0 bridgehead atoms. The lowest BCUT2D eigenvalue weighted by Gasteiger charge is -2.42. The Morgan fingerprint density at radius 2 is 0.824 bits per heavy atom. The number of hydrogen-bond donors (Lipinski definition) is 0. The summed E-state index contributed by atoms with van der Waals surface area (Å²) in [7, 11) is 0. The molecule has 0 aliphatic carbocycles. The van der Waals surface area contributed by atoms with E-state index in [0.29, 0.717) is 0 Å². The van der Waals surface area contributed by atoms with E-state index in [0.717, 1.165) is 44.9 Å². The molecule has 2 aromatic heterocycles. The van der Waals surface area contributed by atoms with Gasteiger partial charge in [-0.2, -0.15) is 0 Å². The zero-order chi connectivity index (χ0) is 34.1. The van der Waals surface area contributed by atoms with Gasteiger partial charge in [-0.25, -0.2) is 9.97 Å². The number of nitrogens with zero attached hydrogens (tertiary/aromatic N) is 4. The second-order valence-electron chi connectivity index (χ2n) is 13.9. The zero-order valence-electron chi connectivity index (χ0n) is 28.5. The molecule has 1 aliphatic rings. The standard InChI is InChI=1S/C47H34N4/c1-47(2)37-15-5-11-21-43(37)51(44-22-12-6-16-38(44)47)34-29-25-32(26-30-34)46-45(48-39-17-7-8-18-40(39)49-46)31-23-27-33(28-24-31)50-41-19-9-3-13-35(41)36-14-4-10-20-42(36)50/h3-30H,1-2H3. The average Bonchev–Trinajstić information content (AvgIpc) is 3.52. The Labute approximate surface area is 296 Å². The fourth-order valence-electron chi connectivity index (χ4n) is 8.09. The van der Waals surface area contributed by atoms with E-state index in [1.54, 1.807) is 0 Å². The van der Waals surface area contributed by atoms with E-state index in [9.17, 15) is 0 Å². The van der Waals surface area contributed by atoms with Gasteiger partial charge in [-0.15, -0.1) is 0 Å². The second kappa shape index (κ2) is 11.3. The van der Waals surface area contributed by atoms with Crippen LogP contribution in [-0.2, 0) is 5.41 Å². The Morgan fingerprint density at radius 1 is 0.412 bits per heavy atom. The summed E-state index contributed by atoms with van der Waals surface area (Å²) in [5.74, 6) is 0. The molecule has 0 saturated carbocycles. The quantitative estimate of drug-likeness (QED) is 0.189. The molecule has 1 aliphatic heterocycles. The van der Waals surface area contributed by atoms with Gasteiger partial charge >= 0.3 is 0 Å². The van der Waals surface area contributed by atoms with Crippen LogP contribution in [0.2, 0.25) is 0 Å². The zero-order valence-corrected chi connectivity index (χ0v) is 28.5. The molecule has 0 radical (unpaired) electrons. The van der Waals surface area contributed by atoms with Crippen LogP contribution in [-0.4, -0.2) is 14.5 Å². The third-order valence-corrected chi connectivity index (χ3v) is 10.6. The van der Waals surface area contributed by atoms with Gasteiger partial charge in [0.2, 0.25) is 0 Å². The first-order chi connectivity index (χ1) is 25.1. The molecular weight excluding hydrogens is 621 g/mol. The van der Waals surface area contributed by atoms with E-state index in [1.807, 2.05) is 24.3 Å². The first kappa shape index (κ1) is 29.4. The summed E-state index contributed by atoms with van der Waals surface area (Å²) in [6, 6.07) is 60.5. The van der Waals surface area contributed by atoms with Crippen molar-refractivity contribution >= 4 is 49.9 Å². The van der Waals surface area contributed by atoms with Crippen LogP contribution in [0.3, 0.4) is 0 Å². The lowest BCUT2D eigenvalue weighted by atomic mass is 9.73. The average molecular weight is 655 g/mol. The van der Waals surface area contributed by atoms with Crippen LogP contribution in [0.4, 0.5) is 17.1 Å². The smallest absolute Gasteiger partial charge is 0.0973 e. The summed E-state index contributed by atoms with van der Waals surface area (Å²) in [6.45, 7) is 4.64. The van der Waals surface area contributed by atoms with Crippen LogP contribution in [0.1, 0.15) is 25.0 Å². The third kappa shape index (κ3) is 4.53. The lowest BCUT2D eigenvalue weighted by molar-refractivity contribution is 0.632. The minimum absolute atomic E-state index is 0.101. The topological polar surface area (TPSA) is 34.0 Å². The minimum atomic E-state index is -0.101. The first-order valence-electron chi connectivity index (χ1n) is 17.5. The Bertz CT molecular complexity index is 2670. The molecule has 0 fully saturated rings. The molecule has 0 N–H and O–H groups in total. The summed E-state index contributed by atoms with van der Waals surface area (Å²) in [5.41, 5.74) is 15.1. The van der Waals surface area contributed by atoms with Crippen molar-refractivity contribution in [2.24, 2.45) is 0 Å². The minimum Gasteiger partial charge on any atom is -0.310 e. The van der Waals surface area contributed by atoms with Crippen molar-refractivity contribution in [1.82, 2.24) is 14.5 Å². The molecule has 10 rings (SSSR count). The molecule has 0 unspecified atom stereocenters. The summed E-state index contributed by atoms with van der Waals surface area (Å²) in [6.07, 6.45) is 0. The van der Waals surface area contributed by atoms with E-state index >= 15 is 0 Å². The van der Waals surface area contributed by atoms with Crippen molar-refractivity contribution in [2.45, 2.75) is 19.3 Å². The molecule has 4 nitrogen and oxygen atoms in total. The Morgan fingerprint density at radius 3 is 1.33 bits per heavy atom. The van der Waals surface area contributed by atoms with Crippen LogP contribution in [0.25, 0.3) is 61.0 Å². The Kier molecular flexibility index (Phi) is 6.49. The second-order valence-corrected chi connectivity index (χ2v) is 13.9. The maximum atomic E-state index is 5.23. The molecule has 3 heterocycles. The Balaban J connectivity index is 1.08. The lowest BCUT2D eigenvalue weighted by Crippen LogP contribution is -2.30. The largest absolute Gasteiger partial charge is 0.310 e. The van der Waals surface area contributed by atoms with Crippen LogP contribution < -0.4 is 4.90 Å². The molecular formula is C47H34N4. The van der Waals surface area contributed by atoms with Crippen molar-refractivity contribution in [3.8, 4) is 28.2 Å². The summed E-state index contributed by atoms with van der Waals surface area (Å²) in [5, 5.41) is 2.51. The van der Waals surface area contributed by atoms with Crippen LogP contribution in [0.5, 0.6) is 0 Å². The summed E-state index contributed by atoms with van der Waals surface area (Å²) in [4.78, 5) is 12.8. The van der Waals surface area contributed by atoms with E-state index in [2.05, 4.69) is 169 Å². The highest BCUT2D eigenvalue weighted by Gasteiger charge is 2.36. The number of rotatable bonds is 4. The molecule has 0 atom stereocenters. The van der Waals surface area contributed by atoms with Crippen molar-refractivity contribution in [1.29, 1.82) is 0 Å². The highest BCUT2D eigenvalue weighted by molar-refractivity contribution is 6.09. The molecule has 7 aromatic carbocycles. The maximum Gasteiger partial charge on any atom is 0.0973 e. The maximum absolute atomic E-state index is 5.23. The van der Waals surface area contributed by atoms with Gasteiger partial charge in [-0.3, -0.25) is 0 Å². The van der Waals surface area contributed by atoms with E-state index < -0.39 is 0 Å². The van der Waals surface area contributed by atoms with Crippen molar-refractivity contribution < 1.29 is 0 Å². The highest BCUT2D eigenvalue weighted by Crippen LogP contribution is 2.51. The van der Waals surface area contributed by atoms with Gasteiger partial charge in [0, 0.05) is 38.7 Å². The molecule has 9 aromatic rings. The van der Waals surface area contributed by atoms with Gasteiger partial charge in [0.05, 0.1) is 44.8 Å². The first-order valence-corrected chi connectivity index (χ1v) is 17.5.